The molecule has 2 amide bonds. The number of benzene rings is 2. The lowest BCUT2D eigenvalue weighted by atomic mass is 10.1. The number of hydrogen-bond acceptors (Lipinski definition) is 3. The predicted molar refractivity (Wildman–Crippen MR) is 103 cm³/mol. The van der Waals surface area contributed by atoms with Crippen molar-refractivity contribution in [2.45, 2.75) is 25.9 Å². The molecule has 0 saturated heterocycles. The van der Waals surface area contributed by atoms with Crippen LogP contribution in [0.1, 0.15) is 33.7 Å². The Kier molecular flexibility index (Phi) is 6.41. The van der Waals surface area contributed by atoms with Crippen LogP contribution in [0, 0.1) is 0 Å². The van der Waals surface area contributed by atoms with E-state index in [-0.39, 0.29) is 11.8 Å². The van der Waals surface area contributed by atoms with Gasteiger partial charge in [-0.15, -0.1) is 0 Å². The van der Waals surface area contributed by atoms with Gasteiger partial charge in [0.05, 0.1) is 12.8 Å². The van der Waals surface area contributed by atoms with Gasteiger partial charge in [-0.3, -0.25) is 9.59 Å². The van der Waals surface area contributed by atoms with Crippen LogP contribution in [-0.4, -0.2) is 11.8 Å². The summed E-state index contributed by atoms with van der Waals surface area (Å²) in [4.78, 5) is 24.3. The summed E-state index contributed by atoms with van der Waals surface area (Å²) >= 11 is 0. The largest absolute Gasteiger partial charge is 0.467 e. The fourth-order valence-electron chi connectivity index (χ4n) is 2.70. The molecule has 1 aromatic heterocycles. The van der Waals surface area contributed by atoms with Gasteiger partial charge < -0.3 is 15.1 Å². The van der Waals surface area contributed by atoms with Crippen LogP contribution >= 0.6 is 0 Å². The fourth-order valence-corrected chi connectivity index (χ4v) is 2.70. The molecule has 5 nitrogen and oxygen atoms in total. The van der Waals surface area contributed by atoms with Crippen molar-refractivity contribution in [2.75, 3.05) is 0 Å². The summed E-state index contributed by atoms with van der Waals surface area (Å²) in [5.41, 5.74) is 2.58. The number of carbonyl (C=O) groups is 2. The quantitative estimate of drug-likeness (QED) is 0.645. The van der Waals surface area contributed by atoms with Crippen molar-refractivity contribution in [3.8, 4) is 0 Å². The highest BCUT2D eigenvalue weighted by atomic mass is 16.3. The summed E-state index contributed by atoms with van der Waals surface area (Å²) in [5.74, 6) is 0.514. The Morgan fingerprint density at radius 1 is 0.815 bits per heavy atom. The van der Waals surface area contributed by atoms with E-state index in [4.69, 9.17) is 4.42 Å². The molecule has 138 valence electrons. The Morgan fingerprint density at radius 3 is 2.41 bits per heavy atom. The Labute approximate surface area is 158 Å². The van der Waals surface area contributed by atoms with E-state index in [1.165, 1.54) is 0 Å². The lowest BCUT2D eigenvalue weighted by molar-refractivity contribution is -0.121. The first kappa shape index (κ1) is 18.5. The highest BCUT2D eigenvalue weighted by Crippen LogP contribution is 2.07. The minimum Gasteiger partial charge on any atom is -0.467 e. The molecule has 0 atom stereocenters. The van der Waals surface area contributed by atoms with Gasteiger partial charge in [0.1, 0.15) is 5.76 Å². The van der Waals surface area contributed by atoms with Gasteiger partial charge >= 0.3 is 0 Å². The third-order valence-electron chi connectivity index (χ3n) is 4.17. The van der Waals surface area contributed by atoms with Crippen LogP contribution in [0.25, 0.3) is 0 Å². The summed E-state index contributed by atoms with van der Waals surface area (Å²) in [6.07, 6.45) is 2.72. The molecule has 0 spiro atoms. The monoisotopic (exact) mass is 362 g/mol. The first-order chi connectivity index (χ1) is 13.2. The molecule has 2 aromatic carbocycles. The molecule has 1 heterocycles. The van der Waals surface area contributed by atoms with Gasteiger partial charge in [0.15, 0.2) is 0 Å². The fraction of sp³-hybridized carbons (Fsp3) is 0.182. The first-order valence-electron chi connectivity index (χ1n) is 8.91. The molecule has 0 aliphatic heterocycles. The second-order valence-electron chi connectivity index (χ2n) is 6.22. The Hall–Kier alpha value is -3.34. The molecule has 0 saturated carbocycles. The summed E-state index contributed by atoms with van der Waals surface area (Å²) < 4.78 is 5.20. The molecule has 27 heavy (non-hydrogen) atoms. The van der Waals surface area contributed by atoms with Crippen LogP contribution < -0.4 is 10.6 Å². The first-order valence-corrected chi connectivity index (χ1v) is 8.91. The lowest BCUT2D eigenvalue weighted by Gasteiger charge is -2.08. The van der Waals surface area contributed by atoms with Crippen molar-refractivity contribution in [1.82, 2.24) is 10.6 Å². The molecule has 3 rings (SSSR count). The molecule has 3 aromatic rings. The standard InChI is InChI=1S/C22H22N2O3/c25-21(12-11-17-6-2-1-3-7-17)23-15-18-8-4-9-19(14-18)22(26)24-16-20-10-5-13-27-20/h1-10,13-14H,11-12,15-16H2,(H,23,25)(H,24,26). The zero-order valence-electron chi connectivity index (χ0n) is 15.0. The maximum atomic E-state index is 12.2. The van der Waals surface area contributed by atoms with Crippen molar-refractivity contribution in [2.24, 2.45) is 0 Å². The summed E-state index contributed by atoms with van der Waals surface area (Å²) in [7, 11) is 0. The number of nitrogens with one attached hydrogen (secondary N) is 2. The van der Waals surface area contributed by atoms with Gasteiger partial charge in [0.2, 0.25) is 5.91 Å². The van der Waals surface area contributed by atoms with Gasteiger partial charge in [-0.2, -0.15) is 0 Å². The number of amides is 2. The second-order valence-corrected chi connectivity index (χ2v) is 6.22. The topological polar surface area (TPSA) is 71.3 Å². The molecule has 0 aliphatic carbocycles. The van der Waals surface area contributed by atoms with Crippen LogP contribution in [0.15, 0.2) is 77.4 Å². The minimum atomic E-state index is -0.177. The highest BCUT2D eigenvalue weighted by molar-refractivity contribution is 5.94. The molecule has 5 heteroatoms. The van der Waals surface area contributed by atoms with E-state index in [0.717, 1.165) is 11.1 Å². The van der Waals surface area contributed by atoms with Crippen LogP contribution in [0.5, 0.6) is 0 Å². The van der Waals surface area contributed by atoms with E-state index in [0.29, 0.717) is 37.3 Å². The zero-order valence-corrected chi connectivity index (χ0v) is 15.0. The minimum absolute atomic E-state index is 0.00785. The number of furan rings is 1. The van der Waals surface area contributed by atoms with Crippen LogP contribution in [0.4, 0.5) is 0 Å². The van der Waals surface area contributed by atoms with Crippen molar-refractivity contribution in [1.29, 1.82) is 0 Å². The smallest absolute Gasteiger partial charge is 0.251 e. The van der Waals surface area contributed by atoms with E-state index in [1.807, 2.05) is 48.5 Å². The SMILES string of the molecule is O=C(CCc1ccccc1)NCc1cccc(C(=O)NCc2ccco2)c1. The maximum Gasteiger partial charge on any atom is 0.251 e. The van der Waals surface area contributed by atoms with Gasteiger partial charge in [-0.1, -0.05) is 42.5 Å². The number of aryl methyl sites for hydroxylation is 1. The Balaban J connectivity index is 1.46. The third-order valence-corrected chi connectivity index (χ3v) is 4.17. The van der Waals surface area contributed by atoms with E-state index in [2.05, 4.69) is 10.6 Å². The summed E-state index contributed by atoms with van der Waals surface area (Å²) in [6.45, 7) is 0.735. The average molecular weight is 362 g/mol. The summed E-state index contributed by atoms with van der Waals surface area (Å²) in [6, 6.07) is 20.7. The maximum absolute atomic E-state index is 12.2. The van der Waals surface area contributed by atoms with E-state index >= 15 is 0 Å². The molecule has 2 N–H and O–H groups in total. The number of carbonyl (C=O) groups excluding carboxylic acids is 2. The molecule has 0 fully saturated rings. The number of hydrogen-bond donors (Lipinski definition) is 2. The molecule has 0 aliphatic rings. The highest BCUT2D eigenvalue weighted by Gasteiger charge is 2.08. The summed E-state index contributed by atoms with van der Waals surface area (Å²) in [5, 5.41) is 5.72. The Bertz CT molecular complexity index is 874. The molecular weight excluding hydrogens is 340 g/mol. The second kappa shape index (κ2) is 9.38. The molecule has 0 radical (unpaired) electrons. The van der Waals surface area contributed by atoms with Crippen LogP contribution in [-0.2, 0) is 24.3 Å². The molecule has 0 unspecified atom stereocenters. The van der Waals surface area contributed by atoms with Gasteiger partial charge in [-0.25, -0.2) is 0 Å². The number of rotatable bonds is 8. The van der Waals surface area contributed by atoms with Gasteiger partial charge in [-0.05, 0) is 41.8 Å². The van der Waals surface area contributed by atoms with Gasteiger partial charge in [0.25, 0.3) is 5.91 Å². The Morgan fingerprint density at radius 2 is 1.63 bits per heavy atom. The van der Waals surface area contributed by atoms with E-state index < -0.39 is 0 Å². The van der Waals surface area contributed by atoms with Crippen molar-refractivity contribution in [3.05, 3.63) is 95.4 Å². The van der Waals surface area contributed by atoms with Crippen LogP contribution in [0.2, 0.25) is 0 Å². The average Bonchev–Trinajstić information content (AvgIpc) is 3.23. The lowest BCUT2D eigenvalue weighted by Crippen LogP contribution is -2.24. The van der Waals surface area contributed by atoms with E-state index in [1.54, 1.807) is 24.5 Å². The van der Waals surface area contributed by atoms with Gasteiger partial charge in [0, 0.05) is 18.5 Å². The third kappa shape index (κ3) is 5.85. The van der Waals surface area contributed by atoms with E-state index in [9.17, 15) is 9.59 Å². The van der Waals surface area contributed by atoms with Crippen molar-refractivity contribution in [3.63, 3.8) is 0 Å². The zero-order chi connectivity index (χ0) is 18.9. The molecule has 0 bridgehead atoms. The van der Waals surface area contributed by atoms with Crippen molar-refractivity contribution >= 4 is 11.8 Å². The van der Waals surface area contributed by atoms with Crippen molar-refractivity contribution < 1.29 is 14.0 Å². The normalized spacial score (nSPS) is 10.4. The predicted octanol–water partition coefficient (Wildman–Crippen LogP) is 3.46. The van der Waals surface area contributed by atoms with Crippen LogP contribution in [0.3, 0.4) is 0 Å². The molecular formula is C22H22N2O3.